The molecule has 3 rings (SSSR count). The third-order valence-corrected chi connectivity index (χ3v) is 5.36. The molecule has 0 radical (unpaired) electrons. The van der Waals surface area contributed by atoms with Gasteiger partial charge in [0.05, 0.1) is 29.6 Å². The second kappa shape index (κ2) is 12.4. The number of benzene rings is 2. The molecule has 156 valence electrons. The van der Waals surface area contributed by atoms with E-state index in [-0.39, 0.29) is 0 Å². The van der Waals surface area contributed by atoms with Gasteiger partial charge in [-0.05, 0) is 43.3 Å². The monoisotopic (exact) mass is 434 g/mol. The Labute approximate surface area is 178 Å². The molecule has 3 aromatic rings. The first-order valence-corrected chi connectivity index (χ1v) is 11.2. The predicted octanol–water partition coefficient (Wildman–Crippen LogP) is 5.81. The lowest BCUT2D eigenvalue weighted by Crippen LogP contribution is -2.27. The summed E-state index contributed by atoms with van der Waals surface area (Å²) in [5.41, 5.74) is 2.72. The maximum Gasteiger partial charge on any atom is 0.304 e. The standard InChI is InChI=1S/C18H20N4O3S2.C2H6/c1-3-22(12-13-25-27(23)24-2)15-10-8-14(9-11-15)20-21-18-19-16-6-4-5-7-17(16)26-18;1-2/h4-11H,3,12-13H2,1-2H3;1-2H3. The lowest BCUT2D eigenvalue weighted by Gasteiger charge is -2.22. The second-order valence-corrected chi connectivity index (χ2v) is 7.44. The molecule has 1 unspecified atom stereocenters. The molecule has 0 N–H and O–H groups in total. The maximum absolute atomic E-state index is 11.1. The van der Waals surface area contributed by atoms with Crippen LogP contribution < -0.4 is 4.90 Å². The van der Waals surface area contributed by atoms with E-state index >= 15 is 0 Å². The predicted molar refractivity (Wildman–Crippen MR) is 121 cm³/mol. The lowest BCUT2D eigenvalue weighted by molar-refractivity contribution is 0.287. The number of hydrogen-bond acceptors (Lipinski definition) is 8. The molecule has 0 aliphatic carbocycles. The van der Waals surface area contributed by atoms with Crippen LogP contribution in [0.25, 0.3) is 10.2 Å². The fraction of sp³-hybridized carbons (Fsp3) is 0.350. The molecule has 0 saturated heterocycles. The van der Waals surface area contributed by atoms with Crippen molar-refractivity contribution in [3.05, 3.63) is 48.5 Å². The third kappa shape index (κ3) is 6.97. The first-order chi connectivity index (χ1) is 14.2. The average Bonchev–Trinajstić information content (AvgIpc) is 3.20. The fourth-order valence-corrected chi connectivity index (χ4v) is 3.56. The van der Waals surface area contributed by atoms with Crippen molar-refractivity contribution < 1.29 is 12.6 Å². The van der Waals surface area contributed by atoms with E-state index in [2.05, 4.69) is 24.3 Å². The Kier molecular flexibility index (Phi) is 9.85. The number of azo groups is 1. The van der Waals surface area contributed by atoms with Crippen LogP contribution in [0.5, 0.6) is 0 Å². The minimum absolute atomic E-state index is 0.313. The molecular formula is C20H26N4O3S2. The van der Waals surface area contributed by atoms with Gasteiger partial charge in [-0.1, -0.05) is 37.3 Å². The molecule has 0 amide bonds. The van der Waals surface area contributed by atoms with Crippen LogP contribution in [0.4, 0.5) is 16.5 Å². The smallest absolute Gasteiger partial charge is 0.304 e. The van der Waals surface area contributed by atoms with Gasteiger partial charge in [0.2, 0.25) is 5.13 Å². The molecule has 1 heterocycles. The summed E-state index contributed by atoms with van der Waals surface area (Å²) in [5, 5.41) is 9.14. The Balaban J connectivity index is 0.00000145. The van der Waals surface area contributed by atoms with Crippen LogP contribution in [0.2, 0.25) is 0 Å². The lowest BCUT2D eigenvalue weighted by atomic mass is 10.2. The molecule has 0 spiro atoms. The van der Waals surface area contributed by atoms with E-state index in [0.717, 1.165) is 28.1 Å². The molecule has 1 atom stereocenters. The van der Waals surface area contributed by atoms with Crippen LogP contribution in [0, 0.1) is 0 Å². The number of anilines is 1. The molecule has 7 nitrogen and oxygen atoms in total. The fourth-order valence-electron chi connectivity index (χ4n) is 2.47. The normalized spacial score (nSPS) is 12.0. The van der Waals surface area contributed by atoms with Gasteiger partial charge in [0.15, 0.2) is 0 Å². The minimum Gasteiger partial charge on any atom is -0.369 e. The first kappa shape index (κ1) is 23.1. The second-order valence-electron chi connectivity index (χ2n) is 5.45. The number of fused-ring (bicyclic) bond motifs is 1. The third-order valence-electron chi connectivity index (χ3n) is 3.81. The highest BCUT2D eigenvalue weighted by Crippen LogP contribution is 2.29. The van der Waals surface area contributed by atoms with Crippen molar-refractivity contribution in [2.45, 2.75) is 20.8 Å². The van der Waals surface area contributed by atoms with E-state index in [1.165, 1.54) is 18.4 Å². The van der Waals surface area contributed by atoms with Gasteiger partial charge in [0, 0.05) is 18.8 Å². The summed E-state index contributed by atoms with van der Waals surface area (Å²) in [6, 6.07) is 15.7. The zero-order valence-electron chi connectivity index (χ0n) is 17.1. The van der Waals surface area contributed by atoms with Crippen LogP contribution in [-0.2, 0) is 19.7 Å². The van der Waals surface area contributed by atoms with Crippen molar-refractivity contribution in [3.8, 4) is 0 Å². The number of para-hydroxylation sites is 1. The molecule has 0 aliphatic heterocycles. The van der Waals surface area contributed by atoms with Gasteiger partial charge < -0.3 is 4.90 Å². The summed E-state index contributed by atoms with van der Waals surface area (Å²) in [5.74, 6) is 0. The van der Waals surface area contributed by atoms with Gasteiger partial charge in [-0.25, -0.2) is 4.98 Å². The SMILES string of the molecule is CC.CCN(CCOS(=O)OC)c1ccc(N=Nc2nc3ccccc3s2)cc1. The summed E-state index contributed by atoms with van der Waals surface area (Å²) >= 11 is -0.179. The Bertz CT molecular complexity index is 896. The molecule has 9 heteroatoms. The van der Waals surface area contributed by atoms with E-state index in [4.69, 9.17) is 4.18 Å². The largest absolute Gasteiger partial charge is 0.369 e. The Morgan fingerprint density at radius 2 is 1.83 bits per heavy atom. The average molecular weight is 435 g/mol. The zero-order valence-corrected chi connectivity index (χ0v) is 18.7. The van der Waals surface area contributed by atoms with Gasteiger partial charge in [0.25, 0.3) is 0 Å². The Morgan fingerprint density at radius 1 is 1.10 bits per heavy atom. The highest BCUT2D eigenvalue weighted by atomic mass is 32.2. The number of thiazole rings is 1. The van der Waals surface area contributed by atoms with E-state index in [1.54, 1.807) is 0 Å². The van der Waals surface area contributed by atoms with Crippen molar-refractivity contribution in [3.63, 3.8) is 0 Å². The Morgan fingerprint density at radius 3 is 2.48 bits per heavy atom. The van der Waals surface area contributed by atoms with Crippen molar-refractivity contribution in [2.24, 2.45) is 10.2 Å². The van der Waals surface area contributed by atoms with E-state index in [9.17, 15) is 4.21 Å². The number of aromatic nitrogens is 1. The summed E-state index contributed by atoms with van der Waals surface area (Å²) in [4.78, 5) is 6.56. The topological polar surface area (TPSA) is 76.4 Å². The highest BCUT2D eigenvalue weighted by molar-refractivity contribution is 7.75. The molecule has 0 bridgehead atoms. The van der Waals surface area contributed by atoms with Gasteiger partial charge in [-0.15, -0.1) is 10.2 Å². The molecule has 29 heavy (non-hydrogen) atoms. The van der Waals surface area contributed by atoms with Crippen LogP contribution in [-0.4, -0.2) is 36.0 Å². The van der Waals surface area contributed by atoms with Crippen LogP contribution >= 0.6 is 11.3 Å². The summed E-state index contributed by atoms with van der Waals surface area (Å²) < 4.78 is 21.8. The Hall–Kier alpha value is -2.20. The van der Waals surface area contributed by atoms with Crippen molar-refractivity contribution in [2.75, 3.05) is 31.7 Å². The zero-order chi connectivity index (χ0) is 21.1. The molecular weight excluding hydrogens is 408 g/mol. The van der Waals surface area contributed by atoms with E-state index in [1.807, 2.05) is 69.3 Å². The molecule has 0 fully saturated rings. The quantitative estimate of drug-likeness (QED) is 0.397. The maximum atomic E-state index is 11.1. The summed E-state index contributed by atoms with van der Waals surface area (Å²) in [6.07, 6.45) is 0. The van der Waals surface area contributed by atoms with Gasteiger partial charge in [-0.3, -0.25) is 8.37 Å². The summed E-state index contributed by atoms with van der Waals surface area (Å²) in [7, 11) is 1.34. The molecule has 1 aromatic heterocycles. The summed E-state index contributed by atoms with van der Waals surface area (Å²) in [6.45, 7) is 7.77. The van der Waals surface area contributed by atoms with Gasteiger partial charge in [-0.2, -0.15) is 4.21 Å². The number of likely N-dealkylation sites (N-methyl/N-ethyl adjacent to an activating group) is 1. The molecule has 0 aliphatic rings. The van der Waals surface area contributed by atoms with E-state index < -0.39 is 11.4 Å². The van der Waals surface area contributed by atoms with Crippen molar-refractivity contribution >= 4 is 49.4 Å². The van der Waals surface area contributed by atoms with Gasteiger partial charge >= 0.3 is 11.4 Å². The molecule has 2 aromatic carbocycles. The first-order valence-electron chi connectivity index (χ1n) is 9.41. The van der Waals surface area contributed by atoms with Crippen molar-refractivity contribution in [1.82, 2.24) is 4.98 Å². The number of rotatable bonds is 9. The molecule has 0 saturated carbocycles. The highest BCUT2D eigenvalue weighted by Gasteiger charge is 2.06. The minimum atomic E-state index is -1.69. The number of hydrogen-bond donors (Lipinski definition) is 0. The van der Waals surface area contributed by atoms with Gasteiger partial charge in [0.1, 0.15) is 0 Å². The van der Waals surface area contributed by atoms with Crippen LogP contribution in [0.15, 0.2) is 58.8 Å². The van der Waals surface area contributed by atoms with Crippen molar-refractivity contribution in [1.29, 1.82) is 0 Å². The van der Waals surface area contributed by atoms with Crippen LogP contribution in [0.3, 0.4) is 0 Å². The number of nitrogens with zero attached hydrogens (tertiary/aromatic N) is 4. The van der Waals surface area contributed by atoms with E-state index in [0.29, 0.717) is 18.3 Å². The van der Waals surface area contributed by atoms with Crippen LogP contribution in [0.1, 0.15) is 20.8 Å².